The number of ketones is 1. The van der Waals surface area contributed by atoms with E-state index >= 15 is 0 Å². The van der Waals surface area contributed by atoms with Crippen molar-refractivity contribution >= 4 is 24.1 Å². The van der Waals surface area contributed by atoms with E-state index in [0.717, 1.165) is 36.7 Å². The molecule has 0 aromatic heterocycles. The molecule has 1 saturated carbocycles. The van der Waals surface area contributed by atoms with E-state index in [4.69, 9.17) is 5.26 Å². The van der Waals surface area contributed by atoms with E-state index in [9.17, 15) is 23.2 Å². The summed E-state index contributed by atoms with van der Waals surface area (Å²) in [6.45, 7) is 15.6. The molecular formula is C31H44F2N2O3. The predicted octanol–water partition coefficient (Wildman–Crippen LogP) is 6.84. The maximum atomic E-state index is 12.8. The Bertz CT molecular complexity index is 1030. The van der Waals surface area contributed by atoms with Crippen molar-refractivity contribution in [2.24, 2.45) is 29.1 Å². The number of hydrogen-bond donors (Lipinski definition) is 1. The normalized spacial score (nSPS) is 22.4. The lowest BCUT2D eigenvalue weighted by atomic mass is 9.92. The van der Waals surface area contributed by atoms with Crippen LogP contribution in [0.2, 0.25) is 0 Å². The highest BCUT2D eigenvalue weighted by molar-refractivity contribution is 6.00. The highest BCUT2D eigenvalue weighted by Crippen LogP contribution is 2.61. The Morgan fingerprint density at radius 2 is 1.76 bits per heavy atom. The van der Waals surface area contributed by atoms with Crippen molar-refractivity contribution in [3.8, 4) is 6.07 Å². The molecule has 1 aliphatic heterocycles. The van der Waals surface area contributed by atoms with Gasteiger partial charge in [0, 0.05) is 25.3 Å². The number of nitrogens with one attached hydrogen (secondary N) is 1. The average molecular weight is 531 g/mol. The van der Waals surface area contributed by atoms with Crippen LogP contribution in [0, 0.1) is 52.1 Å². The monoisotopic (exact) mass is 530 g/mol. The van der Waals surface area contributed by atoms with Gasteiger partial charge in [0.25, 0.3) is 0 Å². The first-order valence-corrected chi connectivity index (χ1v) is 13.8. The van der Waals surface area contributed by atoms with Crippen molar-refractivity contribution in [2.45, 2.75) is 87.0 Å². The van der Waals surface area contributed by atoms with Gasteiger partial charge in [-0.2, -0.15) is 5.26 Å². The predicted molar refractivity (Wildman–Crippen MR) is 147 cm³/mol. The Morgan fingerprint density at radius 3 is 2.18 bits per heavy atom. The number of halogens is 2. The Balaban J connectivity index is 0.000000282. The van der Waals surface area contributed by atoms with E-state index in [-0.39, 0.29) is 29.9 Å². The van der Waals surface area contributed by atoms with E-state index in [1.165, 1.54) is 19.8 Å². The molecule has 1 saturated heterocycles. The third kappa shape index (κ3) is 8.85. The number of Topliss-reactive ketones (excluding diaryl/α,β-unsaturated/α-hetero) is 1. The zero-order valence-electron chi connectivity index (χ0n) is 24.0. The minimum atomic E-state index is -0.871. The van der Waals surface area contributed by atoms with Crippen molar-refractivity contribution < 1.29 is 23.2 Å². The number of aldehydes is 1. The third-order valence-electron chi connectivity index (χ3n) is 7.81. The van der Waals surface area contributed by atoms with Gasteiger partial charge in [-0.3, -0.25) is 9.59 Å². The SMILES string of the molecule is CC.CC(=O)C1=Cc2cc(F)c(F)cc2C1.CCC1C(CC)C1(C)C.N#CC(CC=O)CC1CCNC1=O. The van der Waals surface area contributed by atoms with E-state index < -0.39 is 11.6 Å². The zero-order chi connectivity index (χ0) is 29.0. The smallest absolute Gasteiger partial charge is 0.223 e. The van der Waals surface area contributed by atoms with Crippen LogP contribution in [0.3, 0.4) is 0 Å². The molecule has 2 aliphatic carbocycles. The summed E-state index contributed by atoms with van der Waals surface area (Å²) in [6, 6.07) is 4.31. The van der Waals surface area contributed by atoms with Crippen molar-refractivity contribution in [2.75, 3.05) is 6.54 Å². The van der Waals surface area contributed by atoms with Crippen LogP contribution in [-0.4, -0.2) is 24.5 Å². The number of fused-ring (bicyclic) bond motifs is 1. The second-order valence-corrected chi connectivity index (χ2v) is 10.5. The third-order valence-corrected chi connectivity index (χ3v) is 7.81. The largest absolute Gasteiger partial charge is 0.356 e. The van der Waals surface area contributed by atoms with Gasteiger partial charge in [-0.25, -0.2) is 8.78 Å². The first kappa shape index (κ1) is 33.1. The molecule has 4 unspecified atom stereocenters. The van der Waals surface area contributed by atoms with Gasteiger partial charge in [-0.05, 0) is 71.9 Å². The Morgan fingerprint density at radius 1 is 1.18 bits per heavy atom. The van der Waals surface area contributed by atoms with Crippen molar-refractivity contribution in [1.29, 1.82) is 5.26 Å². The first-order valence-electron chi connectivity index (χ1n) is 13.8. The molecule has 7 heteroatoms. The molecule has 5 nitrogen and oxygen atoms in total. The molecule has 0 bridgehead atoms. The number of hydrogen-bond acceptors (Lipinski definition) is 4. The summed E-state index contributed by atoms with van der Waals surface area (Å²) in [5.41, 5.74) is 2.57. The van der Waals surface area contributed by atoms with Crippen molar-refractivity contribution in [3.05, 3.63) is 40.5 Å². The lowest BCUT2D eigenvalue weighted by Gasteiger charge is -2.08. The fourth-order valence-electron chi connectivity index (χ4n) is 5.57. The van der Waals surface area contributed by atoms with Crippen LogP contribution in [0.15, 0.2) is 17.7 Å². The molecule has 1 heterocycles. The molecule has 3 aliphatic rings. The van der Waals surface area contributed by atoms with E-state index in [1.807, 2.05) is 19.9 Å². The molecule has 4 rings (SSSR count). The fourth-order valence-corrected chi connectivity index (χ4v) is 5.57. The summed E-state index contributed by atoms with van der Waals surface area (Å²) in [5, 5.41) is 11.4. The lowest BCUT2D eigenvalue weighted by Crippen LogP contribution is -2.20. The van der Waals surface area contributed by atoms with Gasteiger partial charge >= 0.3 is 0 Å². The summed E-state index contributed by atoms with van der Waals surface area (Å²) in [5.74, 6) is -0.0686. The molecule has 1 N–H and O–H groups in total. The van der Waals surface area contributed by atoms with E-state index in [0.29, 0.717) is 41.5 Å². The number of allylic oxidation sites excluding steroid dienone is 1. The van der Waals surface area contributed by atoms with Crippen molar-refractivity contribution in [1.82, 2.24) is 5.32 Å². The summed E-state index contributed by atoms with van der Waals surface area (Å²) in [7, 11) is 0. The molecule has 0 radical (unpaired) electrons. The van der Waals surface area contributed by atoms with Gasteiger partial charge in [0.1, 0.15) is 6.29 Å². The number of nitriles is 1. The Hall–Kier alpha value is -2.88. The number of rotatable bonds is 7. The molecule has 4 atom stereocenters. The molecule has 0 spiro atoms. The van der Waals surface area contributed by atoms with E-state index in [2.05, 4.69) is 33.0 Å². The molecule has 210 valence electrons. The number of benzene rings is 1. The topological polar surface area (TPSA) is 87.0 Å². The van der Waals surface area contributed by atoms with Gasteiger partial charge < -0.3 is 10.1 Å². The van der Waals surface area contributed by atoms with Gasteiger partial charge in [0.05, 0.1) is 12.0 Å². The van der Waals surface area contributed by atoms with Gasteiger partial charge in [-0.1, -0.05) is 54.4 Å². The fraction of sp³-hybridized carbons (Fsp3) is 0.613. The molecule has 1 aromatic rings. The van der Waals surface area contributed by atoms with Crippen LogP contribution in [0.4, 0.5) is 8.78 Å². The Labute approximate surface area is 227 Å². The first-order chi connectivity index (χ1) is 18.0. The minimum absolute atomic E-state index is 0.0196. The molecule has 38 heavy (non-hydrogen) atoms. The quantitative estimate of drug-likeness (QED) is 0.391. The standard InChI is InChI=1S/C11H8F2O.C9H12N2O2.C9H18.C2H6/c1-6(14)7-2-8-4-10(12)11(13)5-9(8)3-7;10-6-7(2-4-12)5-8-1-3-11-9(8)13;1-5-7-8(6-2)9(7,3)4;1-2/h2,4-5H,3H2,1H3;4,7-8H,1-3,5H2,(H,11,13);7-8H,5-6H2,1-4H3;1-2H3. The van der Waals surface area contributed by atoms with Gasteiger partial charge in [-0.15, -0.1) is 0 Å². The maximum Gasteiger partial charge on any atom is 0.223 e. The number of amides is 1. The highest BCUT2D eigenvalue weighted by atomic mass is 19.2. The molecule has 1 amide bonds. The average Bonchev–Trinajstić information content (AvgIpc) is 3.18. The summed E-state index contributed by atoms with van der Waals surface area (Å²) < 4.78 is 25.6. The number of nitrogens with zero attached hydrogens (tertiary/aromatic N) is 1. The second-order valence-electron chi connectivity index (χ2n) is 10.5. The number of carbonyl (C=O) groups excluding carboxylic acids is 3. The summed E-state index contributed by atoms with van der Waals surface area (Å²) in [4.78, 5) is 32.3. The lowest BCUT2D eigenvalue weighted by molar-refractivity contribution is -0.123. The minimum Gasteiger partial charge on any atom is -0.356 e. The summed E-state index contributed by atoms with van der Waals surface area (Å²) in [6.07, 6.45) is 7.05. The van der Waals surface area contributed by atoms with Crippen LogP contribution in [0.5, 0.6) is 0 Å². The molecule has 2 fully saturated rings. The molecular weight excluding hydrogens is 486 g/mol. The summed E-state index contributed by atoms with van der Waals surface area (Å²) >= 11 is 0. The van der Waals surface area contributed by atoms with Crippen LogP contribution in [0.25, 0.3) is 6.08 Å². The maximum absolute atomic E-state index is 12.8. The van der Waals surface area contributed by atoms with Crippen LogP contribution >= 0.6 is 0 Å². The zero-order valence-corrected chi connectivity index (χ0v) is 24.0. The van der Waals surface area contributed by atoms with Gasteiger partial charge in [0.2, 0.25) is 5.91 Å². The Kier molecular flexibility index (Phi) is 13.5. The highest BCUT2D eigenvalue weighted by Gasteiger charge is 2.54. The van der Waals surface area contributed by atoms with E-state index in [1.54, 1.807) is 6.08 Å². The van der Waals surface area contributed by atoms with Crippen LogP contribution < -0.4 is 5.32 Å². The number of carbonyl (C=O) groups is 3. The van der Waals surface area contributed by atoms with Crippen LogP contribution in [-0.2, 0) is 20.8 Å². The van der Waals surface area contributed by atoms with Crippen molar-refractivity contribution in [3.63, 3.8) is 0 Å². The van der Waals surface area contributed by atoms with Crippen LogP contribution in [0.1, 0.15) is 91.7 Å². The van der Waals surface area contributed by atoms with Gasteiger partial charge in [0.15, 0.2) is 17.4 Å². The molecule has 1 aromatic carbocycles. The second kappa shape index (κ2) is 15.5.